The number of aromatic nitrogens is 1. The van der Waals surface area contributed by atoms with Crippen LogP contribution in [-0.4, -0.2) is 16.3 Å². The molecule has 26 heavy (non-hydrogen) atoms. The van der Waals surface area contributed by atoms with E-state index < -0.39 is 0 Å². The zero-order chi connectivity index (χ0) is 18.1. The standard InChI is InChI=1S/C22H16N2O2/c23-19-17-13-7-8-14-18(17)24(22(26)16-11-5-2-6-12-16)20(19)21(25)15-9-3-1-4-10-15/h1-14H,23H2. The molecule has 3 aromatic carbocycles. The third-order valence-electron chi connectivity index (χ3n) is 4.39. The van der Waals surface area contributed by atoms with Gasteiger partial charge in [-0.15, -0.1) is 0 Å². The van der Waals surface area contributed by atoms with Crippen LogP contribution in [0.1, 0.15) is 26.4 Å². The zero-order valence-electron chi connectivity index (χ0n) is 13.9. The first-order valence-corrected chi connectivity index (χ1v) is 8.27. The normalized spacial score (nSPS) is 10.8. The van der Waals surface area contributed by atoms with Gasteiger partial charge in [-0.3, -0.25) is 14.2 Å². The number of nitrogens with zero attached hydrogens (tertiary/aromatic N) is 1. The number of hydrogen-bond donors (Lipinski definition) is 1. The Labute approximate surface area is 150 Å². The number of benzene rings is 3. The van der Waals surface area contributed by atoms with Crippen molar-refractivity contribution >= 4 is 28.3 Å². The second-order valence-electron chi connectivity index (χ2n) is 5.98. The first-order chi connectivity index (χ1) is 12.7. The minimum Gasteiger partial charge on any atom is -0.396 e. The number of para-hydroxylation sites is 1. The number of ketones is 1. The van der Waals surface area contributed by atoms with E-state index in [-0.39, 0.29) is 17.4 Å². The summed E-state index contributed by atoms with van der Waals surface area (Å²) in [6.45, 7) is 0. The minimum atomic E-state index is -0.280. The maximum atomic E-state index is 13.2. The van der Waals surface area contributed by atoms with Gasteiger partial charge in [0, 0.05) is 16.5 Å². The van der Waals surface area contributed by atoms with Gasteiger partial charge in [0.05, 0.1) is 11.2 Å². The quantitative estimate of drug-likeness (QED) is 0.570. The van der Waals surface area contributed by atoms with Crippen LogP contribution in [0.4, 0.5) is 5.69 Å². The van der Waals surface area contributed by atoms with Gasteiger partial charge in [-0.1, -0.05) is 66.7 Å². The fourth-order valence-electron chi connectivity index (χ4n) is 3.14. The summed E-state index contributed by atoms with van der Waals surface area (Å²) in [6, 6.07) is 25.0. The molecule has 0 amide bonds. The van der Waals surface area contributed by atoms with E-state index in [9.17, 15) is 9.59 Å². The Morgan fingerprint density at radius 1 is 0.692 bits per heavy atom. The van der Waals surface area contributed by atoms with Crippen molar-refractivity contribution in [2.45, 2.75) is 0 Å². The highest BCUT2D eigenvalue weighted by molar-refractivity contribution is 6.20. The van der Waals surface area contributed by atoms with Crippen molar-refractivity contribution in [3.8, 4) is 0 Å². The summed E-state index contributed by atoms with van der Waals surface area (Å²) in [6.07, 6.45) is 0. The van der Waals surface area contributed by atoms with Gasteiger partial charge >= 0.3 is 0 Å². The van der Waals surface area contributed by atoms with Gasteiger partial charge in [0.15, 0.2) is 0 Å². The molecule has 0 unspecified atom stereocenters. The number of carbonyl (C=O) groups is 2. The molecule has 0 bridgehead atoms. The van der Waals surface area contributed by atoms with E-state index in [1.165, 1.54) is 4.57 Å². The third-order valence-corrected chi connectivity index (χ3v) is 4.39. The van der Waals surface area contributed by atoms with Crippen molar-refractivity contribution < 1.29 is 9.59 Å². The summed E-state index contributed by atoms with van der Waals surface area (Å²) in [5.74, 6) is -0.554. The molecular weight excluding hydrogens is 324 g/mol. The number of nitrogens with two attached hydrogens (primary N) is 1. The molecule has 0 aliphatic carbocycles. The number of hydrogen-bond acceptors (Lipinski definition) is 3. The molecule has 4 heteroatoms. The van der Waals surface area contributed by atoms with E-state index in [1.54, 1.807) is 54.6 Å². The molecule has 0 fully saturated rings. The molecule has 0 aliphatic rings. The van der Waals surface area contributed by atoms with Gasteiger partial charge in [0.1, 0.15) is 5.69 Å². The Morgan fingerprint density at radius 2 is 1.23 bits per heavy atom. The average molecular weight is 340 g/mol. The molecule has 0 spiro atoms. The highest BCUT2D eigenvalue weighted by atomic mass is 16.2. The topological polar surface area (TPSA) is 65.1 Å². The molecular formula is C22H16N2O2. The first kappa shape index (κ1) is 15.8. The second-order valence-corrected chi connectivity index (χ2v) is 5.98. The van der Waals surface area contributed by atoms with E-state index in [0.717, 1.165) is 0 Å². The van der Waals surface area contributed by atoms with Crippen LogP contribution >= 0.6 is 0 Å². The monoisotopic (exact) mass is 340 g/mol. The molecule has 0 saturated heterocycles. The lowest BCUT2D eigenvalue weighted by Gasteiger charge is -2.09. The average Bonchev–Trinajstić information content (AvgIpc) is 3.01. The molecule has 0 aliphatic heterocycles. The molecule has 4 aromatic rings. The van der Waals surface area contributed by atoms with Crippen LogP contribution in [0.3, 0.4) is 0 Å². The van der Waals surface area contributed by atoms with Crippen molar-refractivity contribution in [2.75, 3.05) is 5.73 Å². The number of rotatable bonds is 3. The molecule has 2 N–H and O–H groups in total. The lowest BCUT2D eigenvalue weighted by Crippen LogP contribution is -2.19. The van der Waals surface area contributed by atoms with Crippen LogP contribution in [0.2, 0.25) is 0 Å². The fourth-order valence-corrected chi connectivity index (χ4v) is 3.14. The molecule has 126 valence electrons. The lowest BCUT2D eigenvalue weighted by atomic mass is 10.1. The van der Waals surface area contributed by atoms with Crippen molar-refractivity contribution in [1.82, 2.24) is 4.57 Å². The largest absolute Gasteiger partial charge is 0.396 e. The lowest BCUT2D eigenvalue weighted by molar-refractivity contribution is 0.0938. The number of fused-ring (bicyclic) bond motifs is 1. The van der Waals surface area contributed by atoms with E-state index in [1.807, 2.05) is 30.3 Å². The van der Waals surface area contributed by atoms with Crippen LogP contribution in [0.15, 0.2) is 84.9 Å². The first-order valence-electron chi connectivity index (χ1n) is 8.27. The molecule has 4 rings (SSSR count). The molecule has 1 heterocycles. The van der Waals surface area contributed by atoms with Crippen molar-refractivity contribution in [3.63, 3.8) is 0 Å². The molecule has 0 atom stereocenters. The molecule has 0 saturated carbocycles. The van der Waals surface area contributed by atoms with Gasteiger partial charge in [0.25, 0.3) is 5.91 Å². The summed E-state index contributed by atoms with van der Waals surface area (Å²) < 4.78 is 1.43. The van der Waals surface area contributed by atoms with Crippen LogP contribution in [0, 0.1) is 0 Å². The maximum absolute atomic E-state index is 13.2. The highest BCUT2D eigenvalue weighted by Crippen LogP contribution is 2.31. The SMILES string of the molecule is Nc1c(C(=O)c2ccccc2)n(C(=O)c2ccccc2)c2ccccc12. The van der Waals surface area contributed by atoms with Gasteiger partial charge in [0.2, 0.25) is 5.78 Å². The van der Waals surface area contributed by atoms with Gasteiger partial charge in [-0.2, -0.15) is 0 Å². The predicted molar refractivity (Wildman–Crippen MR) is 102 cm³/mol. The summed E-state index contributed by atoms with van der Waals surface area (Å²) >= 11 is 0. The van der Waals surface area contributed by atoms with Crippen LogP contribution < -0.4 is 5.73 Å². The second kappa shape index (κ2) is 6.33. The number of carbonyl (C=O) groups excluding carboxylic acids is 2. The summed E-state index contributed by atoms with van der Waals surface area (Å²) in [4.78, 5) is 26.3. The number of nitrogen functional groups attached to an aromatic ring is 1. The Kier molecular flexibility index (Phi) is 3.86. The molecule has 1 aromatic heterocycles. The van der Waals surface area contributed by atoms with Crippen LogP contribution in [0.5, 0.6) is 0 Å². The summed E-state index contributed by atoms with van der Waals surface area (Å²) in [5.41, 5.74) is 8.43. The van der Waals surface area contributed by atoms with E-state index in [4.69, 9.17) is 5.73 Å². The van der Waals surface area contributed by atoms with Crippen molar-refractivity contribution in [1.29, 1.82) is 0 Å². The third kappa shape index (κ3) is 2.48. The van der Waals surface area contributed by atoms with Gasteiger partial charge < -0.3 is 5.73 Å². The fraction of sp³-hybridized carbons (Fsp3) is 0. The molecule has 0 radical (unpaired) electrons. The molecule has 4 nitrogen and oxygen atoms in total. The van der Waals surface area contributed by atoms with E-state index in [2.05, 4.69) is 0 Å². The van der Waals surface area contributed by atoms with Crippen LogP contribution in [0.25, 0.3) is 10.9 Å². The van der Waals surface area contributed by atoms with Crippen molar-refractivity contribution in [2.24, 2.45) is 0 Å². The Morgan fingerprint density at radius 3 is 1.88 bits per heavy atom. The number of anilines is 1. The maximum Gasteiger partial charge on any atom is 0.263 e. The van der Waals surface area contributed by atoms with E-state index >= 15 is 0 Å². The van der Waals surface area contributed by atoms with Gasteiger partial charge in [-0.25, -0.2) is 0 Å². The minimum absolute atomic E-state index is 0.200. The smallest absolute Gasteiger partial charge is 0.263 e. The predicted octanol–water partition coefficient (Wildman–Crippen LogP) is 4.14. The highest BCUT2D eigenvalue weighted by Gasteiger charge is 2.26. The van der Waals surface area contributed by atoms with Crippen LogP contribution in [-0.2, 0) is 0 Å². The summed E-state index contributed by atoms with van der Waals surface area (Å²) in [5, 5.41) is 0.691. The summed E-state index contributed by atoms with van der Waals surface area (Å²) in [7, 11) is 0. The van der Waals surface area contributed by atoms with E-state index in [0.29, 0.717) is 27.7 Å². The van der Waals surface area contributed by atoms with Crippen molar-refractivity contribution in [3.05, 3.63) is 102 Å². The Hall–Kier alpha value is -3.66. The zero-order valence-corrected chi connectivity index (χ0v) is 13.9. The van der Waals surface area contributed by atoms with Gasteiger partial charge in [-0.05, 0) is 18.2 Å². The Balaban J connectivity index is 1.99. The Bertz CT molecular complexity index is 1110.